The van der Waals surface area contributed by atoms with Crippen molar-refractivity contribution in [3.63, 3.8) is 0 Å². The number of hydrogen-bond donors (Lipinski definition) is 1. The largest absolute Gasteiger partial charge is 0.330 e. The van der Waals surface area contributed by atoms with Crippen LogP contribution in [0.2, 0.25) is 0 Å². The molecule has 1 atom stereocenters. The van der Waals surface area contributed by atoms with E-state index >= 15 is 0 Å². The molecule has 1 aromatic carbocycles. The first kappa shape index (κ1) is 14.6. The summed E-state index contributed by atoms with van der Waals surface area (Å²) in [6.07, 6.45) is 4.03. The van der Waals surface area contributed by atoms with Crippen molar-refractivity contribution in [1.82, 2.24) is 15.2 Å². The lowest BCUT2D eigenvalue weighted by Crippen LogP contribution is -2.48. The van der Waals surface area contributed by atoms with Gasteiger partial charge in [-0.3, -0.25) is 0 Å². The molecular weight excluding hydrogens is 313 g/mol. The molecule has 1 unspecified atom stereocenters. The molecule has 1 fully saturated rings. The number of halogens is 1. The van der Waals surface area contributed by atoms with Crippen LogP contribution in [0.1, 0.15) is 35.9 Å². The van der Waals surface area contributed by atoms with Gasteiger partial charge in [-0.05, 0) is 49.9 Å². The Bertz CT molecular complexity index is 724. The lowest BCUT2D eigenvalue weighted by molar-refractivity contribution is 0.163. The van der Waals surface area contributed by atoms with Crippen LogP contribution in [-0.2, 0) is 6.42 Å². The van der Waals surface area contributed by atoms with Gasteiger partial charge in [-0.25, -0.2) is 14.2 Å². The fourth-order valence-electron chi connectivity index (χ4n) is 3.03. The van der Waals surface area contributed by atoms with Gasteiger partial charge in [0.2, 0.25) is 0 Å². The number of thiazole rings is 1. The minimum atomic E-state index is -0.241. The molecule has 1 saturated heterocycles. The second-order valence-corrected chi connectivity index (χ2v) is 7.10. The molecule has 2 heterocycles. The molecule has 1 aliphatic heterocycles. The van der Waals surface area contributed by atoms with E-state index in [0.29, 0.717) is 0 Å². The minimum Gasteiger partial charge on any atom is -0.330 e. The van der Waals surface area contributed by atoms with Gasteiger partial charge in [0.1, 0.15) is 10.8 Å². The summed E-state index contributed by atoms with van der Waals surface area (Å²) in [5, 5.41) is 4.05. The number of aromatic nitrogens is 1. The molecule has 6 heteroatoms. The molecular formula is C17H18FN3OS. The first-order valence-electron chi connectivity index (χ1n) is 8.02. The number of rotatable bonds is 2. The van der Waals surface area contributed by atoms with Gasteiger partial charge in [0, 0.05) is 18.7 Å². The Hall–Kier alpha value is -1.95. The maximum absolute atomic E-state index is 13.1. The third kappa shape index (κ3) is 2.83. The molecule has 4 rings (SSSR count). The minimum absolute atomic E-state index is 0.0332. The van der Waals surface area contributed by atoms with Gasteiger partial charge >= 0.3 is 6.03 Å². The van der Waals surface area contributed by atoms with Crippen molar-refractivity contribution < 1.29 is 9.18 Å². The Morgan fingerprint density at radius 3 is 2.74 bits per heavy atom. The SMILES string of the molecule is O=C(NC1CCCc2nc(-c3ccc(F)cc3)sc21)N1CCC1. The quantitative estimate of drug-likeness (QED) is 0.911. The summed E-state index contributed by atoms with van der Waals surface area (Å²) < 4.78 is 13.1. The smallest absolute Gasteiger partial charge is 0.317 e. The second-order valence-electron chi connectivity index (χ2n) is 6.07. The van der Waals surface area contributed by atoms with Gasteiger partial charge < -0.3 is 10.2 Å². The molecule has 0 spiro atoms. The predicted octanol–water partition coefficient (Wildman–Crippen LogP) is 3.74. The lowest BCUT2D eigenvalue weighted by Gasteiger charge is -2.33. The molecule has 120 valence electrons. The number of fused-ring (bicyclic) bond motifs is 1. The number of carbonyl (C=O) groups excluding carboxylic acids is 1. The van der Waals surface area contributed by atoms with Crippen molar-refractivity contribution in [1.29, 1.82) is 0 Å². The molecule has 2 aromatic rings. The van der Waals surface area contributed by atoms with E-state index in [1.54, 1.807) is 23.5 Å². The maximum atomic E-state index is 13.1. The van der Waals surface area contributed by atoms with Crippen LogP contribution in [0.5, 0.6) is 0 Å². The highest BCUT2D eigenvalue weighted by Crippen LogP contribution is 2.38. The summed E-state index contributed by atoms with van der Waals surface area (Å²) in [5.74, 6) is -0.241. The highest BCUT2D eigenvalue weighted by molar-refractivity contribution is 7.15. The highest BCUT2D eigenvalue weighted by atomic mass is 32.1. The molecule has 2 aliphatic rings. The molecule has 2 amide bonds. The second kappa shape index (κ2) is 5.92. The van der Waals surface area contributed by atoms with Crippen molar-refractivity contribution in [3.8, 4) is 10.6 Å². The molecule has 1 N–H and O–H groups in total. The first-order chi connectivity index (χ1) is 11.2. The average Bonchev–Trinajstić information content (AvgIpc) is 2.91. The van der Waals surface area contributed by atoms with E-state index in [4.69, 9.17) is 4.98 Å². The molecule has 4 nitrogen and oxygen atoms in total. The van der Waals surface area contributed by atoms with Crippen LogP contribution in [0.15, 0.2) is 24.3 Å². The van der Waals surface area contributed by atoms with Crippen LogP contribution in [-0.4, -0.2) is 29.0 Å². The van der Waals surface area contributed by atoms with Crippen LogP contribution in [0.3, 0.4) is 0 Å². The zero-order valence-corrected chi connectivity index (χ0v) is 13.5. The Morgan fingerprint density at radius 1 is 1.26 bits per heavy atom. The standard InChI is InChI=1S/C17H18FN3OS/c18-12-7-5-11(6-8-12)16-19-13-3-1-4-14(15(13)23-16)20-17(22)21-9-2-10-21/h5-8,14H,1-4,9-10H2,(H,20,22). The van der Waals surface area contributed by atoms with Crippen molar-refractivity contribution in [2.24, 2.45) is 0 Å². The van der Waals surface area contributed by atoms with Gasteiger partial charge in [-0.1, -0.05) is 0 Å². The number of aryl methyl sites for hydroxylation is 1. The predicted molar refractivity (Wildman–Crippen MR) is 87.9 cm³/mol. The van der Waals surface area contributed by atoms with E-state index in [1.165, 1.54) is 12.1 Å². The topological polar surface area (TPSA) is 45.2 Å². The summed E-state index contributed by atoms with van der Waals surface area (Å²) >= 11 is 1.61. The van der Waals surface area contributed by atoms with Gasteiger partial charge in [0.25, 0.3) is 0 Å². The van der Waals surface area contributed by atoms with Gasteiger partial charge in [0.15, 0.2) is 0 Å². The Kier molecular flexibility index (Phi) is 3.77. The molecule has 23 heavy (non-hydrogen) atoms. The Labute approximate surface area is 138 Å². The molecule has 1 aliphatic carbocycles. The zero-order chi connectivity index (χ0) is 15.8. The van der Waals surface area contributed by atoms with E-state index in [0.717, 1.165) is 59.9 Å². The van der Waals surface area contributed by atoms with Crippen LogP contribution in [0.4, 0.5) is 9.18 Å². The van der Waals surface area contributed by atoms with Crippen LogP contribution in [0.25, 0.3) is 10.6 Å². The Balaban J connectivity index is 1.57. The molecule has 0 radical (unpaired) electrons. The number of amides is 2. The number of nitrogens with zero attached hydrogens (tertiary/aromatic N) is 2. The van der Waals surface area contributed by atoms with Crippen molar-refractivity contribution in [2.75, 3.05) is 13.1 Å². The normalized spacial score (nSPS) is 19.9. The summed E-state index contributed by atoms with van der Waals surface area (Å²) in [4.78, 5) is 19.9. The average molecular weight is 331 g/mol. The number of benzene rings is 1. The van der Waals surface area contributed by atoms with E-state index in [1.807, 2.05) is 4.90 Å². The summed E-state index contributed by atoms with van der Waals surface area (Å²) in [6, 6.07) is 6.52. The Morgan fingerprint density at radius 2 is 2.04 bits per heavy atom. The van der Waals surface area contributed by atoms with E-state index in [9.17, 15) is 9.18 Å². The van der Waals surface area contributed by atoms with Crippen LogP contribution < -0.4 is 5.32 Å². The van der Waals surface area contributed by atoms with Gasteiger partial charge in [0.05, 0.1) is 16.6 Å². The third-order valence-corrected chi connectivity index (χ3v) is 5.74. The fourth-order valence-corrected chi connectivity index (χ4v) is 4.24. The number of hydrogen-bond acceptors (Lipinski definition) is 3. The monoisotopic (exact) mass is 331 g/mol. The lowest BCUT2D eigenvalue weighted by atomic mass is 9.98. The number of urea groups is 1. The van der Waals surface area contributed by atoms with Crippen LogP contribution in [0, 0.1) is 5.82 Å². The fraction of sp³-hybridized carbons (Fsp3) is 0.412. The number of likely N-dealkylation sites (tertiary alicyclic amines) is 1. The maximum Gasteiger partial charge on any atom is 0.317 e. The highest BCUT2D eigenvalue weighted by Gasteiger charge is 2.29. The molecule has 1 aromatic heterocycles. The van der Waals surface area contributed by atoms with Gasteiger partial charge in [-0.2, -0.15) is 0 Å². The van der Waals surface area contributed by atoms with Crippen molar-refractivity contribution in [2.45, 2.75) is 31.7 Å². The van der Waals surface area contributed by atoms with Crippen LogP contribution >= 0.6 is 11.3 Å². The first-order valence-corrected chi connectivity index (χ1v) is 8.83. The van der Waals surface area contributed by atoms with Crippen molar-refractivity contribution in [3.05, 3.63) is 40.7 Å². The summed E-state index contributed by atoms with van der Waals surface area (Å²) in [5.41, 5.74) is 2.01. The van der Waals surface area contributed by atoms with E-state index in [-0.39, 0.29) is 17.9 Å². The van der Waals surface area contributed by atoms with E-state index < -0.39 is 0 Å². The van der Waals surface area contributed by atoms with Gasteiger partial charge in [-0.15, -0.1) is 11.3 Å². The number of carbonyl (C=O) groups is 1. The van der Waals surface area contributed by atoms with E-state index in [2.05, 4.69) is 5.32 Å². The third-order valence-electron chi connectivity index (χ3n) is 4.48. The van der Waals surface area contributed by atoms with Crippen molar-refractivity contribution >= 4 is 17.4 Å². The molecule has 0 saturated carbocycles. The number of nitrogens with one attached hydrogen (secondary N) is 1. The zero-order valence-electron chi connectivity index (χ0n) is 12.7. The summed E-state index contributed by atoms with van der Waals surface area (Å²) in [7, 11) is 0. The summed E-state index contributed by atoms with van der Waals surface area (Å²) in [6.45, 7) is 1.71. The molecule has 0 bridgehead atoms.